The van der Waals surface area contributed by atoms with Crippen molar-refractivity contribution in [3.8, 4) is 11.1 Å². The number of aliphatic carboxylic acids is 1. The van der Waals surface area contributed by atoms with Crippen molar-refractivity contribution in [3.05, 3.63) is 59.7 Å². The molecule has 16 nitrogen and oxygen atoms in total. The Morgan fingerprint density at radius 3 is 1.65 bits per heavy atom. The van der Waals surface area contributed by atoms with Gasteiger partial charge in [0.25, 0.3) is 0 Å². The monoisotopic (exact) mass is 877 g/mol. The Morgan fingerprint density at radius 2 is 1.16 bits per heavy atom. The number of benzene rings is 2. The smallest absolute Gasteiger partial charge is 0.407 e. The van der Waals surface area contributed by atoms with E-state index in [9.17, 15) is 33.9 Å². The summed E-state index contributed by atoms with van der Waals surface area (Å²) < 4.78 is 23.9. The van der Waals surface area contributed by atoms with Crippen molar-refractivity contribution in [3.63, 3.8) is 0 Å². The summed E-state index contributed by atoms with van der Waals surface area (Å²) in [6.07, 6.45) is -0.253. The van der Waals surface area contributed by atoms with Crippen LogP contribution < -0.4 is 16.0 Å². The Balaban J connectivity index is 1.33. The van der Waals surface area contributed by atoms with Crippen LogP contribution in [0.25, 0.3) is 11.1 Å². The van der Waals surface area contributed by atoms with Crippen LogP contribution in [0, 0.1) is 0 Å². The van der Waals surface area contributed by atoms with Crippen LogP contribution in [0.5, 0.6) is 0 Å². The van der Waals surface area contributed by atoms with E-state index in [1.807, 2.05) is 69.3 Å². The van der Waals surface area contributed by atoms with Gasteiger partial charge in [0.05, 0.1) is 36.1 Å². The summed E-state index contributed by atoms with van der Waals surface area (Å²) in [7, 11) is 0. The maximum atomic E-state index is 14.4. The number of amides is 5. The van der Waals surface area contributed by atoms with E-state index in [0.29, 0.717) is 12.8 Å². The molecule has 1 aliphatic carbocycles. The Kier molecular flexibility index (Phi) is 15.7. The molecule has 2 aromatic carbocycles. The molecule has 6 atom stereocenters. The van der Waals surface area contributed by atoms with Crippen molar-refractivity contribution < 1.29 is 52.8 Å². The highest BCUT2D eigenvalue weighted by atomic mass is 16.6. The molecule has 2 saturated heterocycles. The summed E-state index contributed by atoms with van der Waals surface area (Å²) in [4.78, 5) is 85.1. The molecule has 63 heavy (non-hydrogen) atoms. The number of hydrogen-bond acceptors (Lipinski definition) is 10. The molecule has 346 valence electrons. The fourth-order valence-electron chi connectivity index (χ4n) is 8.32. The number of rotatable bonds is 16. The number of fused-ring (bicyclic) bond motifs is 3. The minimum absolute atomic E-state index is 0.0286. The first-order chi connectivity index (χ1) is 29.4. The van der Waals surface area contributed by atoms with Crippen molar-refractivity contribution in [2.24, 2.45) is 0 Å². The van der Waals surface area contributed by atoms with Crippen molar-refractivity contribution >= 4 is 35.7 Å². The molecule has 0 spiro atoms. The van der Waals surface area contributed by atoms with Crippen LogP contribution in [0.2, 0.25) is 0 Å². The third-order valence-corrected chi connectivity index (χ3v) is 11.2. The van der Waals surface area contributed by atoms with E-state index < -0.39 is 88.8 Å². The van der Waals surface area contributed by atoms with Crippen molar-refractivity contribution in [2.75, 3.05) is 32.9 Å². The molecule has 2 fully saturated rings. The summed E-state index contributed by atoms with van der Waals surface area (Å²) in [5.41, 5.74) is 2.09. The van der Waals surface area contributed by atoms with Crippen molar-refractivity contribution in [1.29, 1.82) is 0 Å². The highest BCUT2D eigenvalue weighted by molar-refractivity contribution is 5.96. The molecular weight excluding hydrogens is 811 g/mol. The molecule has 5 amide bonds. The summed E-state index contributed by atoms with van der Waals surface area (Å²) in [6, 6.07) is 9.99. The molecule has 5 rings (SSSR count). The molecule has 2 heterocycles. The predicted octanol–water partition coefficient (Wildman–Crippen LogP) is 4.76. The van der Waals surface area contributed by atoms with Gasteiger partial charge in [-0.15, -0.1) is 0 Å². The number of ether oxygens (including phenoxy) is 4. The SMILES string of the molecule is C[C@@H](OC(C)(C)C)[C@H](NC(=O)[C@@H]1CCCN1C(=O)[C@H](COC(C)(C)C)NC(=O)OCC1c2ccccc2-c2ccccc21)C(=O)N[C@@H](COC(C)(C)C)C(=O)N1CCC[C@H]1C(=O)O. The van der Waals surface area contributed by atoms with Crippen LogP contribution in [0.1, 0.15) is 112 Å². The van der Waals surface area contributed by atoms with Gasteiger partial charge >= 0.3 is 12.1 Å². The Bertz CT molecular complexity index is 1940. The lowest BCUT2D eigenvalue weighted by Gasteiger charge is -2.35. The Hall–Kier alpha value is -5.06. The molecule has 0 radical (unpaired) electrons. The number of carbonyl (C=O) groups is 6. The third-order valence-electron chi connectivity index (χ3n) is 11.2. The largest absolute Gasteiger partial charge is 0.480 e. The van der Waals surface area contributed by atoms with E-state index >= 15 is 0 Å². The van der Waals surface area contributed by atoms with Gasteiger partial charge in [0.15, 0.2) is 0 Å². The van der Waals surface area contributed by atoms with Crippen LogP contribution >= 0.6 is 0 Å². The fourth-order valence-corrected chi connectivity index (χ4v) is 8.32. The predicted molar refractivity (Wildman–Crippen MR) is 235 cm³/mol. The minimum Gasteiger partial charge on any atom is -0.480 e. The van der Waals surface area contributed by atoms with E-state index in [1.54, 1.807) is 48.5 Å². The molecule has 2 aromatic rings. The second kappa shape index (κ2) is 20.2. The quantitative estimate of drug-likeness (QED) is 0.181. The van der Waals surface area contributed by atoms with Gasteiger partial charge in [-0.1, -0.05) is 48.5 Å². The maximum Gasteiger partial charge on any atom is 0.407 e. The molecule has 0 bridgehead atoms. The molecule has 4 N–H and O–H groups in total. The van der Waals surface area contributed by atoms with Crippen LogP contribution in [-0.2, 0) is 42.9 Å². The second-order valence-corrected chi connectivity index (χ2v) is 19.6. The van der Waals surface area contributed by atoms with Gasteiger partial charge in [-0.3, -0.25) is 19.2 Å². The lowest BCUT2D eigenvalue weighted by Crippen LogP contribution is -2.62. The molecule has 2 aliphatic heterocycles. The summed E-state index contributed by atoms with van der Waals surface area (Å²) in [6.45, 7) is 17.8. The third kappa shape index (κ3) is 13.0. The van der Waals surface area contributed by atoms with E-state index in [1.165, 1.54) is 9.80 Å². The highest BCUT2D eigenvalue weighted by Gasteiger charge is 2.43. The number of nitrogens with one attached hydrogen (secondary N) is 3. The van der Waals surface area contributed by atoms with Crippen LogP contribution in [0.4, 0.5) is 4.79 Å². The molecule has 0 aromatic heterocycles. The molecule has 16 heteroatoms. The number of alkyl carbamates (subject to hydrolysis) is 1. The average molecular weight is 878 g/mol. The number of carboxylic acids is 1. The van der Waals surface area contributed by atoms with Gasteiger partial charge in [0, 0.05) is 19.0 Å². The van der Waals surface area contributed by atoms with Gasteiger partial charge in [-0.2, -0.15) is 0 Å². The van der Waals surface area contributed by atoms with Gasteiger partial charge < -0.3 is 49.8 Å². The fraction of sp³-hybridized carbons (Fsp3) is 0.617. The number of hydrogen-bond donors (Lipinski definition) is 4. The van der Waals surface area contributed by atoms with Gasteiger partial charge in [0.2, 0.25) is 23.6 Å². The lowest BCUT2D eigenvalue weighted by molar-refractivity contribution is -0.151. The number of nitrogens with zero attached hydrogens (tertiary/aromatic N) is 2. The maximum absolute atomic E-state index is 14.4. The zero-order chi connectivity index (χ0) is 46.4. The van der Waals surface area contributed by atoms with E-state index in [2.05, 4.69) is 16.0 Å². The standard InChI is InChI=1S/C47H67N5O11/c1-28(63-47(8,9)10)38(40(54)48-34(26-61-45(2,3)4)41(55)52-24-16-22-37(52)43(57)58)50-39(53)36-21-15-23-51(36)42(56)35(27-62-46(5,6)7)49-44(59)60-25-33-31-19-13-11-17-29(31)30-18-12-14-20-32(30)33/h11-14,17-20,28,33-38H,15-16,21-27H2,1-10H3,(H,48,54)(H,49,59)(H,50,53)(H,57,58)/t28-,34+,35+,36+,37+,38+/m1/s1. The molecular formula is C47H67N5O11. The topological polar surface area (TPSA) is 202 Å². The van der Waals surface area contributed by atoms with Crippen LogP contribution in [-0.4, -0.2) is 137 Å². The van der Waals surface area contributed by atoms with E-state index in [4.69, 9.17) is 18.9 Å². The van der Waals surface area contributed by atoms with Crippen molar-refractivity contribution in [1.82, 2.24) is 25.8 Å². The normalized spacial score (nSPS) is 19.7. The summed E-state index contributed by atoms with van der Waals surface area (Å²) in [5.74, 6) is -3.92. The number of likely N-dealkylation sites (tertiary alicyclic amines) is 2. The van der Waals surface area contributed by atoms with E-state index in [0.717, 1.165) is 22.3 Å². The average Bonchev–Trinajstić information content (AvgIpc) is 3.96. The summed E-state index contributed by atoms with van der Waals surface area (Å²) >= 11 is 0. The van der Waals surface area contributed by atoms with Gasteiger partial charge in [-0.25, -0.2) is 9.59 Å². The second-order valence-electron chi connectivity index (χ2n) is 19.6. The van der Waals surface area contributed by atoms with Crippen LogP contribution in [0.3, 0.4) is 0 Å². The van der Waals surface area contributed by atoms with Crippen LogP contribution in [0.15, 0.2) is 48.5 Å². The Labute approximate surface area is 371 Å². The minimum atomic E-state index is -1.35. The first-order valence-corrected chi connectivity index (χ1v) is 22.0. The van der Waals surface area contributed by atoms with Gasteiger partial charge in [0.1, 0.15) is 36.8 Å². The molecule has 0 saturated carbocycles. The number of carbonyl (C=O) groups excluding carboxylic acids is 5. The first-order valence-electron chi connectivity index (χ1n) is 22.0. The zero-order valence-corrected chi connectivity index (χ0v) is 38.4. The van der Waals surface area contributed by atoms with Gasteiger partial charge in [-0.05, 0) is 117 Å². The number of carboxylic acid groups (broad SMARTS) is 1. The summed E-state index contributed by atoms with van der Waals surface area (Å²) in [5, 5.41) is 18.1. The van der Waals surface area contributed by atoms with Crippen molar-refractivity contribution in [2.45, 2.75) is 154 Å². The zero-order valence-electron chi connectivity index (χ0n) is 38.4. The Morgan fingerprint density at radius 1 is 0.683 bits per heavy atom. The lowest BCUT2D eigenvalue weighted by atomic mass is 9.98. The highest BCUT2D eigenvalue weighted by Crippen LogP contribution is 2.44. The first kappa shape index (κ1) is 49.0. The van der Waals surface area contributed by atoms with E-state index in [-0.39, 0.29) is 51.7 Å². The molecule has 0 unspecified atom stereocenters. The molecule has 3 aliphatic rings.